The molecule has 0 saturated heterocycles. The van der Waals surface area contributed by atoms with Gasteiger partial charge in [0, 0.05) is 5.02 Å². The fraction of sp³-hybridized carbons (Fsp3) is 0.417. The van der Waals surface area contributed by atoms with Gasteiger partial charge in [-0.05, 0) is 50.5 Å². The van der Waals surface area contributed by atoms with Gasteiger partial charge in [0.25, 0.3) is 0 Å². The van der Waals surface area contributed by atoms with Crippen molar-refractivity contribution in [1.29, 1.82) is 0 Å². The largest absolute Gasteiger partial charge is 0.481 e. The normalized spacial score (nSPS) is 11.5. The molecule has 0 fully saturated rings. The summed E-state index contributed by atoms with van der Waals surface area (Å²) >= 11 is 5.83. The number of hydrogen-bond donors (Lipinski definition) is 1. The quantitative estimate of drug-likeness (QED) is 0.859. The predicted molar refractivity (Wildman–Crippen MR) is 61.3 cm³/mol. The van der Waals surface area contributed by atoms with Gasteiger partial charge in [0.15, 0.2) is 0 Å². The van der Waals surface area contributed by atoms with Gasteiger partial charge < -0.3 is 5.11 Å². The second-order valence-corrected chi connectivity index (χ2v) is 4.87. The minimum atomic E-state index is -0.781. The van der Waals surface area contributed by atoms with Gasteiger partial charge in [0.1, 0.15) is 0 Å². The number of aryl methyl sites for hydroxylation is 1. The van der Waals surface area contributed by atoms with Crippen LogP contribution in [0.3, 0.4) is 0 Å². The van der Waals surface area contributed by atoms with Crippen LogP contribution in [0.5, 0.6) is 0 Å². The third-order valence-electron chi connectivity index (χ3n) is 2.52. The summed E-state index contributed by atoms with van der Waals surface area (Å²) in [6.07, 6.45) is 0.519. The Morgan fingerprint density at radius 2 is 2.07 bits per heavy atom. The fourth-order valence-corrected chi connectivity index (χ4v) is 1.64. The maximum atomic E-state index is 11.0. The maximum Gasteiger partial charge on any atom is 0.309 e. The van der Waals surface area contributed by atoms with E-state index in [1.165, 1.54) is 0 Å². The van der Waals surface area contributed by atoms with Gasteiger partial charge in [-0.25, -0.2) is 0 Å². The predicted octanol–water partition coefficient (Wildman–Crippen LogP) is 3.30. The molecule has 2 nitrogen and oxygen atoms in total. The van der Waals surface area contributed by atoms with E-state index < -0.39 is 11.4 Å². The first-order valence-corrected chi connectivity index (χ1v) is 5.19. The molecule has 0 aliphatic rings. The lowest BCUT2D eigenvalue weighted by molar-refractivity contribution is -0.146. The highest BCUT2D eigenvalue weighted by molar-refractivity contribution is 6.30. The summed E-state index contributed by atoms with van der Waals surface area (Å²) in [7, 11) is 0. The summed E-state index contributed by atoms with van der Waals surface area (Å²) in [6.45, 7) is 5.39. The van der Waals surface area contributed by atoms with Crippen molar-refractivity contribution < 1.29 is 9.90 Å². The molecule has 1 rings (SSSR count). The summed E-state index contributed by atoms with van der Waals surface area (Å²) in [5.74, 6) is -0.781. The molecule has 0 bridgehead atoms. The Balaban J connectivity index is 2.95. The first-order valence-electron chi connectivity index (χ1n) is 4.81. The molecule has 3 heteroatoms. The monoisotopic (exact) mass is 226 g/mol. The summed E-state index contributed by atoms with van der Waals surface area (Å²) in [5.41, 5.74) is 1.34. The van der Waals surface area contributed by atoms with Crippen LogP contribution in [0.15, 0.2) is 18.2 Å². The molecule has 15 heavy (non-hydrogen) atoms. The van der Waals surface area contributed by atoms with Crippen molar-refractivity contribution in [2.24, 2.45) is 5.41 Å². The fourth-order valence-electron chi connectivity index (χ4n) is 1.41. The first-order chi connectivity index (χ1) is 6.83. The second-order valence-electron chi connectivity index (χ2n) is 4.44. The zero-order chi connectivity index (χ0) is 11.6. The zero-order valence-corrected chi connectivity index (χ0v) is 9.93. The van der Waals surface area contributed by atoms with Crippen LogP contribution in [-0.4, -0.2) is 11.1 Å². The van der Waals surface area contributed by atoms with Crippen molar-refractivity contribution in [2.45, 2.75) is 27.2 Å². The Hall–Kier alpha value is -1.02. The molecule has 0 atom stereocenters. The Bertz CT molecular complexity index is 383. The van der Waals surface area contributed by atoms with Gasteiger partial charge in [-0.15, -0.1) is 0 Å². The Morgan fingerprint density at radius 3 is 2.53 bits per heavy atom. The van der Waals surface area contributed by atoms with E-state index >= 15 is 0 Å². The van der Waals surface area contributed by atoms with Gasteiger partial charge >= 0.3 is 5.97 Å². The molecule has 0 aliphatic heterocycles. The molecule has 1 N–H and O–H groups in total. The molecule has 0 saturated carbocycles. The molecule has 0 amide bonds. The minimum Gasteiger partial charge on any atom is -0.481 e. The summed E-state index contributed by atoms with van der Waals surface area (Å²) < 4.78 is 0. The van der Waals surface area contributed by atoms with E-state index in [1.54, 1.807) is 19.9 Å². The average Bonchev–Trinajstić information content (AvgIpc) is 2.09. The van der Waals surface area contributed by atoms with Crippen LogP contribution < -0.4 is 0 Å². The van der Waals surface area contributed by atoms with E-state index in [0.29, 0.717) is 11.4 Å². The van der Waals surface area contributed by atoms with Crippen molar-refractivity contribution in [3.05, 3.63) is 34.3 Å². The molecule has 0 spiro atoms. The number of halogens is 1. The number of hydrogen-bond acceptors (Lipinski definition) is 1. The van der Waals surface area contributed by atoms with Crippen molar-refractivity contribution in [3.63, 3.8) is 0 Å². The average molecular weight is 227 g/mol. The van der Waals surface area contributed by atoms with Crippen LogP contribution in [0.1, 0.15) is 25.0 Å². The number of aliphatic carboxylic acids is 1. The zero-order valence-electron chi connectivity index (χ0n) is 9.17. The molecular weight excluding hydrogens is 212 g/mol. The number of rotatable bonds is 3. The highest BCUT2D eigenvalue weighted by atomic mass is 35.5. The third-order valence-corrected chi connectivity index (χ3v) is 2.75. The van der Waals surface area contributed by atoms with Gasteiger partial charge in [0.2, 0.25) is 0 Å². The molecule has 82 valence electrons. The van der Waals surface area contributed by atoms with Crippen LogP contribution >= 0.6 is 11.6 Å². The van der Waals surface area contributed by atoms with E-state index in [4.69, 9.17) is 16.7 Å². The van der Waals surface area contributed by atoms with Crippen molar-refractivity contribution in [2.75, 3.05) is 0 Å². The van der Waals surface area contributed by atoms with E-state index in [2.05, 4.69) is 0 Å². The highest BCUT2D eigenvalue weighted by Gasteiger charge is 2.27. The number of carboxylic acid groups (broad SMARTS) is 1. The smallest absolute Gasteiger partial charge is 0.309 e. The molecule has 0 heterocycles. The second kappa shape index (κ2) is 4.23. The first kappa shape index (κ1) is 12.1. The van der Waals surface area contributed by atoms with Gasteiger partial charge in [0.05, 0.1) is 5.41 Å². The highest BCUT2D eigenvalue weighted by Crippen LogP contribution is 2.25. The van der Waals surface area contributed by atoms with Gasteiger partial charge in [-0.2, -0.15) is 0 Å². The van der Waals surface area contributed by atoms with E-state index in [1.807, 2.05) is 19.1 Å². The van der Waals surface area contributed by atoms with Crippen molar-refractivity contribution in [1.82, 2.24) is 0 Å². The van der Waals surface area contributed by atoms with Crippen molar-refractivity contribution in [3.8, 4) is 0 Å². The van der Waals surface area contributed by atoms with Crippen LogP contribution in [0.4, 0.5) is 0 Å². The molecule has 0 unspecified atom stereocenters. The number of carboxylic acids is 1. The van der Waals surface area contributed by atoms with E-state index in [0.717, 1.165) is 11.1 Å². The Labute approximate surface area is 94.9 Å². The SMILES string of the molecule is Cc1cc(Cl)ccc1CC(C)(C)C(=O)O. The number of carbonyl (C=O) groups is 1. The molecule has 0 aromatic heterocycles. The lowest BCUT2D eigenvalue weighted by Crippen LogP contribution is -2.26. The molecule has 0 radical (unpaired) electrons. The summed E-state index contributed by atoms with van der Waals surface area (Å²) in [4.78, 5) is 11.0. The van der Waals surface area contributed by atoms with E-state index in [-0.39, 0.29) is 0 Å². The van der Waals surface area contributed by atoms with Crippen LogP contribution in [0, 0.1) is 12.3 Å². The summed E-state index contributed by atoms with van der Waals surface area (Å²) in [5, 5.41) is 9.71. The van der Waals surface area contributed by atoms with Crippen LogP contribution in [-0.2, 0) is 11.2 Å². The number of benzene rings is 1. The van der Waals surface area contributed by atoms with Gasteiger partial charge in [-0.3, -0.25) is 4.79 Å². The van der Waals surface area contributed by atoms with Crippen LogP contribution in [0.2, 0.25) is 5.02 Å². The topological polar surface area (TPSA) is 37.3 Å². The van der Waals surface area contributed by atoms with Crippen molar-refractivity contribution >= 4 is 17.6 Å². The Kier molecular flexibility index (Phi) is 3.40. The molecule has 0 aliphatic carbocycles. The lowest BCUT2D eigenvalue weighted by atomic mass is 9.84. The molecule has 1 aromatic carbocycles. The maximum absolute atomic E-state index is 11.0. The third kappa shape index (κ3) is 2.96. The molecular formula is C12H15ClO2. The van der Waals surface area contributed by atoms with E-state index in [9.17, 15) is 4.79 Å². The van der Waals surface area contributed by atoms with Gasteiger partial charge in [-0.1, -0.05) is 17.7 Å². The molecule has 1 aromatic rings. The standard InChI is InChI=1S/C12H15ClO2/c1-8-6-10(13)5-4-9(8)7-12(2,3)11(14)15/h4-6H,7H2,1-3H3,(H,14,15). The minimum absolute atomic E-state index is 0.519. The summed E-state index contributed by atoms with van der Waals surface area (Å²) in [6, 6.07) is 5.54. The van der Waals surface area contributed by atoms with Crippen LogP contribution in [0.25, 0.3) is 0 Å². The lowest BCUT2D eigenvalue weighted by Gasteiger charge is -2.20. The Morgan fingerprint density at radius 1 is 1.47 bits per heavy atom.